The number of rotatable bonds is 5. The molecule has 0 atom stereocenters. The Labute approximate surface area is 173 Å². The minimum atomic E-state index is -0.103. The van der Waals surface area contributed by atoms with E-state index in [4.69, 9.17) is 0 Å². The molecular weight excluding hydrogens is 416 g/mol. The lowest BCUT2D eigenvalue weighted by atomic mass is 10.1. The first-order valence-corrected chi connectivity index (χ1v) is 10.2. The largest absolute Gasteiger partial charge is 0.355 e. The number of carbonyl (C=O) groups is 1. The zero-order valence-electron chi connectivity index (χ0n) is 15.4. The van der Waals surface area contributed by atoms with E-state index >= 15 is 0 Å². The summed E-state index contributed by atoms with van der Waals surface area (Å²) in [5.41, 5.74) is 3.39. The third-order valence-electron chi connectivity index (χ3n) is 4.82. The highest BCUT2D eigenvalue weighted by molar-refractivity contribution is 9.10. The number of amides is 1. The van der Waals surface area contributed by atoms with E-state index in [-0.39, 0.29) is 5.91 Å². The van der Waals surface area contributed by atoms with Gasteiger partial charge in [0, 0.05) is 47.6 Å². The Bertz CT molecular complexity index is 986. The van der Waals surface area contributed by atoms with Crippen molar-refractivity contribution in [1.29, 1.82) is 0 Å². The number of carbonyl (C=O) groups excluding carboxylic acids is 1. The quantitative estimate of drug-likeness (QED) is 0.642. The second kappa shape index (κ2) is 8.52. The van der Waals surface area contributed by atoms with Crippen molar-refractivity contribution in [2.75, 3.05) is 18.0 Å². The predicted molar refractivity (Wildman–Crippen MR) is 114 cm³/mol. The molecule has 142 valence electrons. The summed E-state index contributed by atoms with van der Waals surface area (Å²) in [4.78, 5) is 24.0. The maximum atomic E-state index is 12.7. The van der Waals surface area contributed by atoms with Crippen LogP contribution in [0.4, 0.5) is 5.82 Å². The fourth-order valence-corrected chi connectivity index (χ4v) is 3.88. The number of halogens is 1. The number of aromatic nitrogens is 2. The van der Waals surface area contributed by atoms with E-state index in [9.17, 15) is 4.79 Å². The average Bonchev–Trinajstić information content (AvgIpc) is 3.27. The van der Waals surface area contributed by atoms with Gasteiger partial charge in [0.2, 0.25) is 0 Å². The smallest absolute Gasteiger partial charge is 0.251 e. The fraction of sp³-hybridized carbons (Fsp3) is 0.227. The van der Waals surface area contributed by atoms with Gasteiger partial charge in [0.25, 0.3) is 5.91 Å². The van der Waals surface area contributed by atoms with Crippen molar-refractivity contribution < 1.29 is 4.79 Å². The van der Waals surface area contributed by atoms with Gasteiger partial charge < -0.3 is 10.2 Å². The summed E-state index contributed by atoms with van der Waals surface area (Å²) in [5.74, 6) is 0.792. The Morgan fingerprint density at radius 1 is 1.04 bits per heavy atom. The van der Waals surface area contributed by atoms with Crippen molar-refractivity contribution in [3.8, 4) is 11.3 Å². The monoisotopic (exact) mass is 436 g/mol. The molecule has 1 aliphatic rings. The Morgan fingerprint density at radius 2 is 1.82 bits per heavy atom. The average molecular weight is 437 g/mol. The van der Waals surface area contributed by atoms with E-state index in [1.54, 1.807) is 12.4 Å². The third kappa shape index (κ3) is 4.22. The van der Waals surface area contributed by atoms with Gasteiger partial charge in [-0.1, -0.05) is 40.2 Å². The highest BCUT2D eigenvalue weighted by Crippen LogP contribution is 2.29. The van der Waals surface area contributed by atoms with Crippen LogP contribution in [-0.2, 0) is 6.54 Å². The minimum absolute atomic E-state index is 0.103. The summed E-state index contributed by atoms with van der Waals surface area (Å²) in [6.07, 6.45) is 5.78. The summed E-state index contributed by atoms with van der Waals surface area (Å²) in [7, 11) is 0. The summed E-state index contributed by atoms with van der Waals surface area (Å²) in [5, 5.41) is 2.98. The van der Waals surface area contributed by atoms with Crippen LogP contribution in [0, 0.1) is 0 Å². The molecule has 3 aromatic rings. The number of nitrogens with zero attached hydrogens (tertiary/aromatic N) is 3. The molecule has 6 heteroatoms. The lowest BCUT2D eigenvalue weighted by molar-refractivity contribution is 0.0951. The second-order valence-electron chi connectivity index (χ2n) is 6.82. The SMILES string of the molecule is O=C(NCc1cccc(Br)c1)c1cccc(-c2nccnc2N2CCCC2)c1. The van der Waals surface area contributed by atoms with Crippen molar-refractivity contribution in [3.05, 3.63) is 76.5 Å². The molecule has 1 N–H and O–H groups in total. The maximum absolute atomic E-state index is 12.7. The van der Waals surface area contributed by atoms with E-state index < -0.39 is 0 Å². The Hall–Kier alpha value is -2.73. The normalized spacial score (nSPS) is 13.5. The van der Waals surface area contributed by atoms with Crippen LogP contribution in [-0.4, -0.2) is 29.0 Å². The molecule has 0 unspecified atom stereocenters. The zero-order chi connectivity index (χ0) is 19.3. The molecule has 1 amide bonds. The van der Waals surface area contributed by atoms with Crippen molar-refractivity contribution in [2.24, 2.45) is 0 Å². The van der Waals surface area contributed by atoms with E-state index in [1.807, 2.05) is 48.5 Å². The van der Waals surface area contributed by atoms with E-state index in [0.717, 1.165) is 40.2 Å². The second-order valence-corrected chi connectivity index (χ2v) is 7.73. The minimum Gasteiger partial charge on any atom is -0.355 e. The molecule has 0 saturated carbocycles. The molecule has 1 aromatic heterocycles. The van der Waals surface area contributed by atoms with Crippen LogP contribution >= 0.6 is 15.9 Å². The molecule has 28 heavy (non-hydrogen) atoms. The van der Waals surface area contributed by atoms with Gasteiger partial charge in [0.15, 0.2) is 5.82 Å². The molecule has 1 aliphatic heterocycles. The van der Waals surface area contributed by atoms with Crippen LogP contribution in [0.3, 0.4) is 0 Å². The van der Waals surface area contributed by atoms with Crippen molar-refractivity contribution >= 4 is 27.7 Å². The number of anilines is 1. The van der Waals surface area contributed by atoms with Crippen LogP contribution in [0.15, 0.2) is 65.4 Å². The Morgan fingerprint density at radius 3 is 2.64 bits per heavy atom. The number of nitrogens with one attached hydrogen (secondary N) is 1. The standard InChI is InChI=1S/C22H21BrN4O/c23-19-8-3-5-16(13-19)15-26-22(28)18-7-4-6-17(14-18)20-21(25-10-9-24-20)27-11-1-2-12-27/h3-10,13-14H,1-2,11-12,15H2,(H,26,28). The summed E-state index contributed by atoms with van der Waals surface area (Å²) in [6.45, 7) is 2.48. The van der Waals surface area contributed by atoms with E-state index in [2.05, 4.69) is 36.1 Å². The van der Waals surface area contributed by atoms with Gasteiger partial charge in [-0.05, 0) is 42.7 Å². The lowest BCUT2D eigenvalue weighted by Crippen LogP contribution is -2.23. The molecule has 1 fully saturated rings. The van der Waals surface area contributed by atoms with E-state index in [0.29, 0.717) is 12.1 Å². The molecule has 5 nitrogen and oxygen atoms in total. The molecule has 4 rings (SSSR count). The van der Waals surface area contributed by atoms with Gasteiger partial charge in [0.05, 0.1) is 0 Å². The highest BCUT2D eigenvalue weighted by Gasteiger charge is 2.19. The van der Waals surface area contributed by atoms with Crippen LogP contribution in [0.1, 0.15) is 28.8 Å². The fourth-order valence-electron chi connectivity index (χ4n) is 3.43. The molecule has 1 saturated heterocycles. The van der Waals surface area contributed by atoms with Gasteiger partial charge >= 0.3 is 0 Å². The first-order chi connectivity index (χ1) is 13.7. The molecule has 2 heterocycles. The first-order valence-electron chi connectivity index (χ1n) is 9.40. The van der Waals surface area contributed by atoms with Crippen LogP contribution in [0.25, 0.3) is 11.3 Å². The molecule has 0 bridgehead atoms. The summed E-state index contributed by atoms with van der Waals surface area (Å²) in [6, 6.07) is 15.5. The van der Waals surface area contributed by atoms with Crippen molar-refractivity contribution in [1.82, 2.24) is 15.3 Å². The van der Waals surface area contributed by atoms with Gasteiger partial charge in [-0.2, -0.15) is 0 Å². The van der Waals surface area contributed by atoms with Crippen molar-refractivity contribution in [2.45, 2.75) is 19.4 Å². The van der Waals surface area contributed by atoms with Gasteiger partial charge in [-0.25, -0.2) is 4.98 Å². The first kappa shape index (κ1) is 18.6. The zero-order valence-corrected chi connectivity index (χ0v) is 17.0. The summed E-state index contributed by atoms with van der Waals surface area (Å²) >= 11 is 3.45. The Balaban J connectivity index is 1.54. The molecule has 0 aliphatic carbocycles. The highest BCUT2D eigenvalue weighted by atomic mass is 79.9. The lowest BCUT2D eigenvalue weighted by Gasteiger charge is -2.19. The van der Waals surface area contributed by atoms with Crippen molar-refractivity contribution in [3.63, 3.8) is 0 Å². The van der Waals surface area contributed by atoms with Gasteiger partial charge in [-0.15, -0.1) is 0 Å². The number of hydrogen-bond acceptors (Lipinski definition) is 4. The van der Waals surface area contributed by atoms with Crippen LogP contribution in [0.5, 0.6) is 0 Å². The molecule has 2 aromatic carbocycles. The van der Waals surface area contributed by atoms with Crippen LogP contribution in [0.2, 0.25) is 0 Å². The summed E-state index contributed by atoms with van der Waals surface area (Å²) < 4.78 is 0.998. The van der Waals surface area contributed by atoms with Gasteiger partial charge in [0.1, 0.15) is 5.69 Å². The van der Waals surface area contributed by atoms with Crippen LogP contribution < -0.4 is 10.2 Å². The topological polar surface area (TPSA) is 58.1 Å². The molecular formula is C22H21BrN4O. The molecule has 0 radical (unpaired) electrons. The van der Waals surface area contributed by atoms with E-state index in [1.165, 1.54) is 12.8 Å². The number of benzene rings is 2. The predicted octanol–water partition coefficient (Wildman–Crippen LogP) is 4.44. The third-order valence-corrected chi connectivity index (χ3v) is 5.32. The molecule has 0 spiro atoms. The van der Waals surface area contributed by atoms with Gasteiger partial charge in [-0.3, -0.25) is 9.78 Å². The maximum Gasteiger partial charge on any atom is 0.251 e. The Kier molecular flexibility index (Phi) is 5.67. The number of hydrogen-bond donors (Lipinski definition) is 1.